The van der Waals surface area contributed by atoms with E-state index in [9.17, 15) is 27.6 Å². The Morgan fingerprint density at radius 2 is 1.57 bits per heavy atom. The van der Waals surface area contributed by atoms with Gasteiger partial charge in [-0.25, -0.2) is 4.79 Å². The molecule has 0 rings (SSSR count). The Kier molecular flexibility index (Phi) is 9.98. The average Bonchev–Trinajstić information content (AvgIpc) is 2.47. The first-order valence-electron chi connectivity index (χ1n) is 8.21. The second-order valence-corrected chi connectivity index (χ2v) is 8.53. The number of unbranched alkanes of at least 4 members (excludes halogenated alkanes) is 1. The number of esters is 2. The van der Waals surface area contributed by atoms with Crippen LogP contribution in [-0.2, 0) is 38.9 Å². The van der Waals surface area contributed by atoms with Crippen LogP contribution < -0.4 is 0 Å². The molecule has 2 N–H and O–H groups in total. The summed E-state index contributed by atoms with van der Waals surface area (Å²) in [5.41, 5.74) is -0.499. The van der Waals surface area contributed by atoms with Crippen molar-refractivity contribution in [3.05, 3.63) is 11.5 Å². The molecule has 0 aliphatic heterocycles. The Labute approximate surface area is 163 Å². The van der Waals surface area contributed by atoms with E-state index in [4.69, 9.17) is 14.5 Å². The van der Waals surface area contributed by atoms with E-state index >= 15 is 0 Å². The molecule has 0 bridgehead atoms. The number of carboxylic acids is 1. The third-order valence-electron chi connectivity index (χ3n) is 2.96. The summed E-state index contributed by atoms with van der Waals surface area (Å²) in [5.74, 6) is -4.42. The van der Waals surface area contributed by atoms with Crippen molar-refractivity contribution in [2.75, 3.05) is 13.1 Å². The lowest BCUT2D eigenvalue weighted by molar-refractivity contribution is -0.195. The third kappa shape index (κ3) is 12.1. The lowest BCUT2D eigenvalue weighted by Crippen LogP contribution is -2.40. The summed E-state index contributed by atoms with van der Waals surface area (Å²) in [6, 6.07) is 0. The van der Waals surface area contributed by atoms with Crippen molar-refractivity contribution in [3.8, 4) is 0 Å². The smallest absolute Gasteiger partial charge is 0.370 e. The van der Waals surface area contributed by atoms with Gasteiger partial charge in [0, 0.05) is 19.4 Å². The monoisotopic (exact) mass is 423 g/mol. The quantitative estimate of drug-likeness (QED) is 0.121. The molecule has 0 fully saturated rings. The first-order valence-corrected chi connectivity index (χ1v) is 9.65. The van der Waals surface area contributed by atoms with Crippen molar-refractivity contribution in [2.24, 2.45) is 5.41 Å². The summed E-state index contributed by atoms with van der Waals surface area (Å²) in [5, 5.41) is 9.29. The van der Waals surface area contributed by atoms with Crippen LogP contribution in [0.5, 0.6) is 0 Å². The van der Waals surface area contributed by atoms with E-state index in [1.54, 1.807) is 20.8 Å². The zero-order valence-electron chi connectivity index (χ0n) is 16.0. The van der Waals surface area contributed by atoms with Crippen LogP contribution >= 0.6 is 0 Å². The number of nitrogens with zero attached hydrogens (tertiary/aromatic N) is 1. The summed E-state index contributed by atoms with van der Waals surface area (Å²) >= 11 is 0. The molecule has 0 spiro atoms. The van der Waals surface area contributed by atoms with Gasteiger partial charge >= 0.3 is 34.0 Å². The molecule has 0 aromatic carbocycles. The van der Waals surface area contributed by atoms with Gasteiger partial charge in [-0.15, -0.1) is 5.06 Å². The van der Waals surface area contributed by atoms with Crippen molar-refractivity contribution in [2.45, 2.75) is 46.5 Å². The highest BCUT2D eigenvalue weighted by molar-refractivity contribution is 7.90. The summed E-state index contributed by atoms with van der Waals surface area (Å²) < 4.78 is 35.3. The molecule has 0 atom stereocenters. The lowest BCUT2D eigenvalue weighted by atomic mass is 9.97. The average molecular weight is 423 g/mol. The molecule has 0 aromatic heterocycles. The Morgan fingerprint density at radius 3 is 2.04 bits per heavy atom. The molecule has 11 nitrogen and oxygen atoms in total. The van der Waals surface area contributed by atoms with Crippen LogP contribution in [0.4, 0.5) is 0 Å². The lowest BCUT2D eigenvalue weighted by Gasteiger charge is -2.27. The molecule has 0 amide bonds. The van der Waals surface area contributed by atoms with E-state index < -0.39 is 50.9 Å². The number of carboxylic acid groups (broad SMARTS) is 1. The first kappa shape index (κ1) is 25.7. The largest absolute Gasteiger partial charge is 0.481 e. The zero-order chi connectivity index (χ0) is 22.1. The van der Waals surface area contributed by atoms with Gasteiger partial charge in [-0.1, -0.05) is 27.4 Å². The topological polar surface area (TPSA) is 165 Å². The SMILES string of the molecule is C=C(C(=O)ON(CC(=O)OC(=O)CCCCC(=O)O)CC(C)(C)C)S(=O)(=O)O. The zero-order valence-corrected chi connectivity index (χ0v) is 16.8. The standard InChI is InChI=1S/C16H25NO10S/c1-11(28(23,24)25)15(22)27-17(10-16(2,3)4)9-14(21)26-13(20)8-6-5-7-12(18)19/h1,5-10H2,2-4H3,(H,18,19)(H,23,24,25). The highest BCUT2D eigenvalue weighted by atomic mass is 32.2. The van der Waals surface area contributed by atoms with Crippen LogP contribution in [0.1, 0.15) is 46.5 Å². The Morgan fingerprint density at radius 1 is 1.04 bits per heavy atom. The fraction of sp³-hybridized carbons (Fsp3) is 0.625. The predicted molar refractivity (Wildman–Crippen MR) is 95.0 cm³/mol. The second-order valence-electron chi connectivity index (χ2n) is 7.08. The molecule has 0 aliphatic rings. The van der Waals surface area contributed by atoms with Gasteiger partial charge in [-0.2, -0.15) is 8.42 Å². The minimum atomic E-state index is -4.87. The number of aliphatic carboxylic acids is 1. The molecule has 12 heteroatoms. The predicted octanol–water partition coefficient (Wildman–Crippen LogP) is 0.909. The molecular formula is C16H25NO10S. The van der Waals surface area contributed by atoms with Gasteiger partial charge in [0.1, 0.15) is 6.54 Å². The molecule has 0 aliphatic carbocycles. The number of hydrogen-bond acceptors (Lipinski definition) is 9. The van der Waals surface area contributed by atoms with Crippen molar-refractivity contribution < 1.29 is 46.8 Å². The molecule has 28 heavy (non-hydrogen) atoms. The van der Waals surface area contributed by atoms with E-state index in [0.29, 0.717) is 0 Å². The van der Waals surface area contributed by atoms with Crippen LogP contribution in [0.25, 0.3) is 0 Å². The van der Waals surface area contributed by atoms with Gasteiger partial charge in [0.05, 0.1) is 0 Å². The Hall–Kier alpha value is -2.31. The van der Waals surface area contributed by atoms with Gasteiger partial charge in [0.25, 0.3) is 0 Å². The molecule has 0 saturated heterocycles. The maximum Gasteiger partial charge on any atom is 0.370 e. The number of hydroxylamine groups is 2. The molecule has 0 aromatic rings. The van der Waals surface area contributed by atoms with Crippen molar-refractivity contribution in [3.63, 3.8) is 0 Å². The minimum absolute atomic E-state index is 0.0284. The van der Waals surface area contributed by atoms with Gasteiger partial charge in [-0.3, -0.25) is 18.9 Å². The van der Waals surface area contributed by atoms with E-state index in [0.717, 1.165) is 5.06 Å². The van der Waals surface area contributed by atoms with Gasteiger partial charge < -0.3 is 14.7 Å². The van der Waals surface area contributed by atoms with E-state index in [1.807, 2.05) is 0 Å². The van der Waals surface area contributed by atoms with Crippen molar-refractivity contribution in [1.29, 1.82) is 0 Å². The fourth-order valence-electron chi connectivity index (χ4n) is 1.82. The fourth-order valence-corrected chi connectivity index (χ4v) is 2.07. The molecule has 0 radical (unpaired) electrons. The minimum Gasteiger partial charge on any atom is -0.481 e. The molecular weight excluding hydrogens is 398 g/mol. The van der Waals surface area contributed by atoms with Crippen LogP contribution in [0.3, 0.4) is 0 Å². The molecule has 160 valence electrons. The third-order valence-corrected chi connectivity index (χ3v) is 3.75. The van der Waals surface area contributed by atoms with Crippen LogP contribution in [0.15, 0.2) is 11.5 Å². The van der Waals surface area contributed by atoms with Gasteiger partial charge in [-0.05, 0) is 18.3 Å². The van der Waals surface area contributed by atoms with Crippen molar-refractivity contribution in [1.82, 2.24) is 5.06 Å². The van der Waals surface area contributed by atoms with Gasteiger partial charge in [0.15, 0.2) is 4.91 Å². The van der Waals surface area contributed by atoms with Crippen LogP contribution in [0, 0.1) is 5.41 Å². The summed E-state index contributed by atoms with van der Waals surface area (Å²) in [6.45, 7) is 7.42. The number of carbonyl (C=O) groups is 4. The number of ether oxygens (including phenoxy) is 1. The maximum atomic E-state index is 11.9. The molecule has 0 unspecified atom stereocenters. The normalized spacial score (nSPS) is 11.8. The maximum absolute atomic E-state index is 11.9. The van der Waals surface area contributed by atoms with Crippen LogP contribution in [0.2, 0.25) is 0 Å². The highest BCUT2D eigenvalue weighted by Crippen LogP contribution is 2.17. The number of carbonyl (C=O) groups excluding carboxylic acids is 3. The van der Waals surface area contributed by atoms with E-state index in [-0.39, 0.29) is 32.2 Å². The molecule has 0 saturated carbocycles. The number of hydrogen-bond donors (Lipinski definition) is 2. The highest BCUT2D eigenvalue weighted by Gasteiger charge is 2.28. The summed E-state index contributed by atoms with van der Waals surface area (Å²) in [7, 11) is -4.87. The van der Waals surface area contributed by atoms with Gasteiger partial charge in [0.2, 0.25) is 0 Å². The summed E-state index contributed by atoms with van der Waals surface area (Å²) in [6.07, 6.45) is 0.170. The van der Waals surface area contributed by atoms with Crippen LogP contribution in [-0.4, -0.2) is 60.1 Å². The van der Waals surface area contributed by atoms with E-state index in [2.05, 4.69) is 11.3 Å². The summed E-state index contributed by atoms with van der Waals surface area (Å²) in [4.78, 5) is 49.1. The Balaban J connectivity index is 4.80. The van der Waals surface area contributed by atoms with Crippen molar-refractivity contribution >= 4 is 34.0 Å². The second kappa shape index (κ2) is 10.9. The molecule has 0 heterocycles. The first-order chi connectivity index (χ1) is 12.6. The van der Waals surface area contributed by atoms with E-state index in [1.165, 1.54) is 0 Å². The Bertz CT molecular complexity index is 720. The number of rotatable bonds is 11.